The number of aromatic nitrogens is 2. The molecule has 0 fully saturated rings. The number of imidazole rings is 1. The lowest BCUT2D eigenvalue weighted by molar-refractivity contribution is 0.0696. The molecule has 0 amide bonds. The van der Waals surface area contributed by atoms with Gasteiger partial charge in [-0.05, 0) is 36.4 Å². The highest BCUT2D eigenvalue weighted by Crippen LogP contribution is 2.36. The molecule has 10 nitrogen and oxygen atoms in total. The van der Waals surface area contributed by atoms with Crippen LogP contribution in [0.3, 0.4) is 0 Å². The zero-order valence-electron chi connectivity index (χ0n) is 18.5. The molecule has 0 aliphatic rings. The smallest absolute Gasteiger partial charge is 0.335 e. The van der Waals surface area contributed by atoms with Crippen LogP contribution in [0.5, 0.6) is 17.2 Å². The monoisotopic (exact) mass is 483 g/mol. The van der Waals surface area contributed by atoms with Gasteiger partial charge in [0, 0.05) is 26.2 Å². The molecular weight excluding hydrogens is 462 g/mol. The number of ether oxygens (including phenoxy) is 2. The molecule has 2 N–H and O–H groups in total. The quantitative estimate of drug-likeness (QED) is 0.413. The van der Waals surface area contributed by atoms with Crippen LogP contribution in [-0.2, 0) is 24.1 Å². The Bertz CT molecular complexity index is 1590. The van der Waals surface area contributed by atoms with E-state index in [1.165, 1.54) is 40.5 Å². The average molecular weight is 484 g/mol. The maximum absolute atomic E-state index is 13.1. The highest BCUT2D eigenvalue weighted by Gasteiger charge is 2.21. The van der Waals surface area contributed by atoms with Gasteiger partial charge in [-0.2, -0.15) is 0 Å². The topological polar surface area (TPSA) is 129 Å². The molecule has 0 atom stereocenters. The van der Waals surface area contributed by atoms with Gasteiger partial charge in [-0.15, -0.1) is 0 Å². The minimum absolute atomic E-state index is 0.0669. The number of carboxylic acids is 1. The molecule has 3 aromatic carbocycles. The standard InChI is InChI=1S/C23H21N3O7S/c1-25-19-12-18(24-34(30,31)17-9-4-6-14(10-17)22(27)28)21(13-20(19)26(2)23(25)29)33-16-8-5-7-15(11-16)32-3/h4-13,24H,1-3H3,(H,27,28). The molecule has 0 saturated carbocycles. The third-order valence-electron chi connectivity index (χ3n) is 5.28. The summed E-state index contributed by atoms with van der Waals surface area (Å²) in [7, 11) is 0.485. The summed E-state index contributed by atoms with van der Waals surface area (Å²) in [5, 5.41) is 9.21. The van der Waals surface area contributed by atoms with Crippen molar-refractivity contribution in [1.82, 2.24) is 9.13 Å². The van der Waals surface area contributed by atoms with Crippen LogP contribution in [0.15, 0.2) is 70.4 Å². The van der Waals surface area contributed by atoms with Gasteiger partial charge in [-0.3, -0.25) is 13.9 Å². The summed E-state index contributed by atoms with van der Waals surface area (Å²) < 4.78 is 42.7. The van der Waals surface area contributed by atoms with E-state index in [2.05, 4.69) is 4.72 Å². The van der Waals surface area contributed by atoms with Crippen molar-refractivity contribution in [3.63, 3.8) is 0 Å². The number of nitrogens with zero attached hydrogens (tertiary/aromatic N) is 2. The van der Waals surface area contributed by atoms with Gasteiger partial charge in [-0.1, -0.05) is 12.1 Å². The van der Waals surface area contributed by atoms with Crippen LogP contribution in [0.4, 0.5) is 5.69 Å². The third kappa shape index (κ3) is 4.20. The van der Waals surface area contributed by atoms with Gasteiger partial charge in [0.15, 0.2) is 5.75 Å². The summed E-state index contributed by atoms with van der Waals surface area (Å²) in [6, 6.07) is 14.8. The van der Waals surface area contributed by atoms with E-state index in [0.29, 0.717) is 22.5 Å². The van der Waals surface area contributed by atoms with Gasteiger partial charge in [0.05, 0.1) is 34.3 Å². The van der Waals surface area contributed by atoms with Crippen molar-refractivity contribution in [2.24, 2.45) is 14.1 Å². The van der Waals surface area contributed by atoms with Crippen LogP contribution >= 0.6 is 0 Å². The van der Waals surface area contributed by atoms with E-state index >= 15 is 0 Å². The zero-order chi connectivity index (χ0) is 24.6. The van der Waals surface area contributed by atoms with Gasteiger partial charge in [-0.25, -0.2) is 18.0 Å². The number of sulfonamides is 1. The molecule has 0 radical (unpaired) electrons. The fraction of sp³-hybridized carbons (Fsp3) is 0.130. The number of rotatable bonds is 7. The van der Waals surface area contributed by atoms with Crippen molar-refractivity contribution < 1.29 is 27.8 Å². The number of methoxy groups -OCH3 is 1. The van der Waals surface area contributed by atoms with E-state index in [1.54, 1.807) is 44.4 Å². The molecule has 176 valence electrons. The Hall–Kier alpha value is -4.25. The predicted molar refractivity (Wildman–Crippen MR) is 125 cm³/mol. The SMILES string of the molecule is COc1cccc(Oc2cc3c(cc2NS(=O)(=O)c2cccc(C(=O)O)c2)n(C)c(=O)n3C)c1. The second-order valence-corrected chi connectivity index (χ2v) is 9.14. The largest absolute Gasteiger partial charge is 0.497 e. The number of hydrogen-bond acceptors (Lipinski definition) is 6. The lowest BCUT2D eigenvalue weighted by Gasteiger charge is -2.15. The van der Waals surface area contributed by atoms with Gasteiger partial charge in [0.25, 0.3) is 10.0 Å². The Morgan fingerprint density at radius 2 is 1.59 bits per heavy atom. The minimum Gasteiger partial charge on any atom is -0.497 e. The van der Waals surface area contributed by atoms with Gasteiger partial charge in [0.1, 0.15) is 11.5 Å². The number of aryl methyl sites for hydroxylation is 2. The maximum atomic E-state index is 13.1. The van der Waals surface area contributed by atoms with E-state index in [0.717, 1.165) is 6.07 Å². The second kappa shape index (κ2) is 8.60. The fourth-order valence-corrected chi connectivity index (χ4v) is 4.59. The molecule has 34 heavy (non-hydrogen) atoms. The molecule has 0 bridgehead atoms. The first-order valence-corrected chi connectivity index (χ1v) is 11.5. The summed E-state index contributed by atoms with van der Waals surface area (Å²) in [6.45, 7) is 0. The van der Waals surface area contributed by atoms with Crippen molar-refractivity contribution in [2.75, 3.05) is 11.8 Å². The summed E-state index contributed by atoms with van der Waals surface area (Å²) in [5.74, 6) is -0.189. The van der Waals surface area contributed by atoms with E-state index in [1.807, 2.05) is 0 Å². The number of anilines is 1. The van der Waals surface area contributed by atoms with Crippen LogP contribution in [0.2, 0.25) is 0 Å². The number of fused-ring (bicyclic) bond motifs is 1. The molecule has 1 aromatic heterocycles. The summed E-state index contributed by atoms with van der Waals surface area (Å²) >= 11 is 0. The van der Waals surface area contributed by atoms with E-state index in [9.17, 15) is 23.1 Å². The van der Waals surface area contributed by atoms with E-state index in [4.69, 9.17) is 9.47 Å². The Kier molecular flexibility index (Phi) is 5.80. The normalized spacial score (nSPS) is 11.4. The number of nitrogens with one attached hydrogen (secondary N) is 1. The van der Waals surface area contributed by atoms with Gasteiger partial charge < -0.3 is 14.6 Å². The van der Waals surface area contributed by atoms with Crippen LogP contribution in [0, 0.1) is 0 Å². The molecule has 11 heteroatoms. The lowest BCUT2D eigenvalue weighted by atomic mass is 10.2. The molecule has 0 spiro atoms. The first kappa shape index (κ1) is 22.9. The maximum Gasteiger partial charge on any atom is 0.335 e. The van der Waals surface area contributed by atoms with E-state index < -0.39 is 16.0 Å². The molecule has 0 unspecified atom stereocenters. The number of aromatic carboxylic acids is 1. The molecule has 4 rings (SSSR count). The van der Waals surface area contributed by atoms with Crippen LogP contribution in [-0.4, -0.2) is 35.7 Å². The third-order valence-corrected chi connectivity index (χ3v) is 6.64. The molecular formula is C23H21N3O7S. The molecule has 0 saturated heterocycles. The number of carbonyl (C=O) groups is 1. The van der Waals surface area contributed by atoms with Crippen molar-refractivity contribution in [3.8, 4) is 17.2 Å². The van der Waals surface area contributed by atoms with Crippen LogP contribution in [0.25, 0.3) is 11.0 Å². The highest BCUT2D eigenvalue weighted by atomic mass is 32.2. The summed E-state index contributed by atoms with van der Waals surface area (Å²) in [4.78, 5) is 23.5. The predicted octanol–water partition coefficient (Wildman–Crippen LogP) is 3.18. The van der Waals surface area contributed by atoms with Crippen molar-refractivity contribution in [2.45, 2.75) is 4.90 Å². The molecule has 1 heterocycles. The Balaban J connectivity index is 1.85. The summed E-state index contributed by atoms with van der Waals surface area (Å²) in [6.07, 6.45) is 0. The van der Waals surface area contributed by atoms with Crippen molar-refractivity contribution in [1.29, 1.82) is 0 Å². The van der Waals surface area contributed by atoms with Gasteiger partial charge >= 0.3 is 11.7 Å². The van der Waals surface area contributed by atoms with Crippen molar-refractivity contribution in [3.05, 3.63) is 76.7 Å². The number of benzene rings is 3. The molecule has 0 aliphatic heterocycles. The molecule has 4 aromatic rings. The first-order valence-electron chi connectivity index (χ1n) is 9.98. The average Bonchev–Trinajstić information content (AvgIpc) is 3.02. The fourth-order valence-electron chi connectivity index (χ4n) is 3.48. The van der Waals surface area contributed by atoms with E-state index in [-0.39, 0.29) is 27.6 Å². The highest BCUT2D eigenvalue weighted by molar-refractivity contribution is 7.92. The molecule has 0 aliphatic carbocycles. The number of carboxylic acid groups (broad SMARTS) is 1. The lowest BCUT2D eigenvalue weighted by Crippen LogP contribution is -2.19. The first-order chi connectivity index (χ1) is 16.1. The number of hydrogen-bond donors (Lipinski definition) is 2. The Morgan fingerprint density at radius 3 is 2.26 bits per heavy atom. The minimum atomic E-state index is -4.19. The van der Waals surface area contributed by atoms with Crippen LogP contribution in [0.1, 0.15) is 10.4 Å². The van der Waals surface area contributed by atoms with Crippen LogP contribution < -0.4 is 19.9 Å². The Morgan fingerprint density at radius 1 is 0.941 bits per heavy atom. The Labute approximate surface area is 194 Å². The summed E-state index contributed by atoms with van der Waals surface area (Å²) in [5.41, 5.74) is 0.606. The van der Waals surface area contributed by atoms with Gasteiger partial charge in [0.2, 0.25) is 0 Å². The zero-order valence-corrected chi connectivity index (χ0v) is 19.3. The second-order valence-electron chi connectivity index (χ2n) is 7.46. The van der Waals surface area contributed by atoms with Crippen molar-refractivity contribution >= 4 is 32.7 Å².